The van der Waals surface area contributed by atoms with Crippen LogP contribution in [0.2, 0.25) is 0 Å². The highest BCUT2D eigenvalue weighted by molar-refractivity contribution is 8.45. The molecule has 0 atom stereocenters. The number of hydrogen-bond acceptors (Lipinski definition) is 6. The highest BCUT2D eigenvalue weighted by Gasteiger charge is 2.22. The summed E-state index contributed by atoms with van der Waals surface area (Å²) in [5.41, 5.74) is 1.34. The van der Waals surface area contributed by atoms with Crippen LogP contribution in [0, 0.1) is 0 Å². The Morgan fingerprint density at radius 1 is 1.33 bits per heavy atom. The third-order valence-electron chi connectivity index (χ3n) is 2.66. The molecule has 112 valence electrons. The normalized spacial score (nSPS) is 16.2. The fourth-order valence-electron chi connectivity index (χ4n) is 1.78. The van der Waals surface area contributed by atoms with E-state index in [0.29, 0.717) is 23.8 Å². The van der Waals surface area contributed by atoms with Crippen molar-refractivity contribution in [2.24, 2.45) is 4.99 Å². The number of ether oxygens (including phenoxy) is 2. The summed E-state index contributed by atoms with van der Waals surface area (Å²) in [6.07, 6.45) is 1.77. The molecule has 0 amide bonds. The zero-order valence-electron chi connectivity index (χ0n) is 12.2. The predicted molar refractivity (Wildman–Crippen MR) is 90.3 cm³/mol. The molecule has 1 heterocycles. The third-order valence-corrected chi connectivity index (χ3v) is 4.55. The number of thioether (sulfide) groups is 2. The number of rotatable bonds is 5. The summed E-state index contributed by atoms with van der Waals surface area (Å²) >= 11 is 2.77. The number of aliphatic imine (C=N–C) groups is 1. The lowest BCUT2D eigenvalue weighted by Crippen LogP contribution is -1.95. The van der Waals surface area contributed by atoms with Gasteiger partial charge in [0.1, 0.15) is 10.1 Å². The molecule has 0 aliphatic carbocycles. The van der Waals surface area contributed by atoms with Crippen LogP contribution in [0.3, 0.4) is 0 Å². The van der Waals surface area contributed by atoms with Gasteiger partial charge in [0.2, 0.25) is 5.12 Å². The first-order valence-corrected chi connectivity index (χ1v) is 8.44. The average molecular weight is 323 g/mol. The molecular weight excluding hydrogens is 306 g/mol. The Morgan fingerprint density at radius 3 is 2.81 bits per heavy atom. The van der Waals surface area contributed by atoms with E-state index in [2.05, 4.69) is 4.99 Å². The van der Waals surface area contributed by atoms with Gasteiger partial charge in [0.25, 0.3) is 0 Å². The molecule has 1 aliphatic rings. The summed E-state index contributed by atoms with van der Waals surface area (Å²) < 4.78 is 11.6. The highest BCUT2D eigenvalue weighted by atomic mass is 32.2. The molecule has 0 saturated carbocycles. The standard InChI is InChI=1S/C15H17NO3S2/c1-4-19-12-7-6-10(9-13(12)18-3)8-11-14(17)21-15(16-11)20-5-2/h6-9H,4-5H2,1-3H3/b11-8+. The molecule has 1 aromatic carbocycles. The van der Waals surface area contributed by atoms with Gasteiger partial charge in [-0.15, -0.1) is 0 Å². The molecule has 2 rings (SSSR count). The van der Waals surface area contributed by atoms with Crippen LogP contribution in [0.4, 0.5) is 0 Å². The zero-order chi connectivity index (χ0) is 15.2. The van der Waals surface area contributed by atoms with Crippen LogP contribution in [0.5, 0.6) is 11.5 Å². The van der Waals surface area contributed by atoms with Crippen LogP contribution in [-0.2, 0) is 4.79 Å². The third kappa shape index (κ3) is 4.04. The van der Waals surface area contributed by atoms with E-state index in [9.17, 15) is 4.79 Å². The monoisotopic (exact) mass is 323 g/mol. The van der Waals surface area contributed by atoms with Crippen molar-refractivity contribution in [2.75, 3.05) is 19.5 Å². The average Bonchev–Trinajstić information content (AvgIpc) is 2.81. The Hall–Kier alpha value is -1.40. The number of hydrogen-bond donors (Lipinski definition) is 0. The molecule has 1 aliphatic heterocycles. The van der Waals surface area contributed by atoms with Gasteiger partial charge in [-0.05, 0) is 48.2 Å². The molecule has 0 radical (unpaired) electrons. The highest BCUT2D eigenvalue weighted by Crippen LogP contribution is 2.33. The van der Waals surface area contributed by atoms with Crippen molar-refractivity contribution in [3.05, 3.63) is 29.5 Å². The van der Waals surface area contributed by atoms with E-state index in [4.69, 9.17) is 9.47 Å². The van der Waals surface area contributed by atoms with Crippen molar-refractivity contribution in [3.63, 3.8) is 0 Å². The number of benzene rings is 1. The van der Waals surface area contributed by atoms with Gasteiger partial charge in [0, 0.05) is 0 Å². The van der Waals surface area contributed by atoms with E-state index in [-0.39, 0.29) is 5.12 Å². The largest absolute Gasteiger partial charge is 0.493 e. The molecule has 0 bridgehead atoms. The lowest BCUT2D eigenvalue weighted by atomic mass is 10.1. The summed E-state index contributed by atoms with van der Waals surface area (Å²) in [6.45, 7) is 4.54. The maximum atomic E-state index is 11.9. The van der Waals surface area contributed by atoms with Crippen LogP contribution in [0.1, 0.15) is 19.4 Å². The van der Waals surface area contributed by atoms with Gasteiger partial charge >= 0.3 is 0 Å². The van der Waals surface area contributed by atoms with Gasteiger partial charge in [-0.3, -0.25) is 4.79 Å². The Labute approximate surface area is 133 Å². The summed E-state index contributed by atoms with van der Waals surface area (Å²) in [5, 5.41) is -0.0150. The Kier molecular flexibility index (Phi) is 5.76. The lowest BCUT2D eigenvalue weighted by molar-refractivity contribution is -0.107. The molecule has 0 aromatic heterocycles. The minimum Gasteiger partial charge on any atom is -0.493 e. The first-order valence-electron chi connectivity index (χ1n) is 6.64. The van der Waals surface area contributed by atoms with E-state index in [0.717, 1.165) is 15.7 Å². The van der Waals surface area contributed by atoms with Crippen molar-refractivity contribution < 1.29 is 14.3 Å². The van der Waals surface area contributed by atoms with Gasteiger partial charge < -0.3 is 9.47 Å². The smallest absolute Gasteiger partial charge is 0.244 e. The number of nitrogens with zero attached hydrogens (tertiary/aromatic N) is 1. The molecule has 21 heavy (non-hydrogen) atoms. The van der Waals surface area contributed by atoms with Crippen LogP contribution in [0.15, 0.2) is 28.9 Å². The van der Waals surface area contributed by atoms with Gasteiger partial charge in [-0.1, -0.05) is 24.8 Å². The SMILES string of the molecule is CCOc1ccc(/C=C2/N=C(SCC)SC2=O)cc1OC. The molecule has 0 fully saturated rings. The van der Waals surface area contributed by atoms with Crippen molar-refractivity contribution in [3.8, 4) is 11.5 Å². The molecule has 0 unspecified atom stereocenters. The molecule has 0 saturated heterocycles. The predicted octanol–water partition coefficient (Wildman–Crippen LogP) is 3.82. The van der Waals surface area contributed by atoms with E-state index in [1.807, 2.05) is 32.0 Å². The van der Waals surface area contributed by atoms with E-state index in [1.165, 1.54) is 11.8 Å². The lowest BCUT2D eigenvalue weighted by Gasteiger charge is -2.09. The van der Waals surface area contributed by atoms with Crippen molar-refractivity contribution in [1.82, 2.24) is 0 Å². The first kappa shape index (κ1) is 16.0. The van der Waals surface area contributed by atoms with Crippen LogP contribution >= 0.6 is 23.5 Å². The number of methoxy groups -OCH3 is 1. The topological polar surface area (TPSA) is 47.9 Å². The quantitative estimate of drug-likeness (QED) is 0.771. The number of carbonyl (C=O) groups excluding carboxylic acids is 1. The molecular formula is C15H17NO3S2. The molecule has 6 heteroatoms. The minimum absolute atomic E-state index is 0.0150. The van der Waals surface area contributed by atoms with Crippen LogP contribution < -0.4 is 9.47 Å². The Morgan fingerprint density at radius 2 is 2.14 bits per heavy atom. The minimum atomic E-state index is -0.0150. The van der Waals surface area contributed by atoms with E-state index in [1.54, 1.807) is 24.9 Å². The fourth-order valence-corrected chi connectivity index (χ4v) is 3.52. The summed E-state index contributed by atoms with van der Waals surface area (Å²) in [5.74, 6) is 2.25. The van der Waals surface area contributed by atoms with E-state index < -0.39 is 0 Å². The second-order valence-corrected chi connectivity index (χ2v) is 6.55. The van der Waals surface area contributed by atoms with Crippen LogP contribution in [0.25, 0.3) is 6.08 Å². The van der Waals surface area contributed by atoms with Gasteiger partial charge in [0.15, 0.2) is 11.5 Å². The second-order valence-electron chi connectivity index (χ2n) is 4.07. The summed E-state index contributed by atoms with van der Waals surface area (Å²) in [6, 6.07) is 5.57. The molecule has 4 nitrogen and oxygen atoms in total. The second kappa shape index (κ2) is 7.56. The number of carbonyl (C=O) groups is 1. The van der Waals surface area contributed by atoms with E-state index >= 15 is 0 Å². The van der Waals surface area contributed by atoms with Gasteiger partial charge in [-0.2, -0.15) is 0 Å². The summed E-state index contributed by atoms with van der Waals surface area (Å²) in [7, 11) is 1.60. The van der Waals surface area contributed by atoms with Crippen molar-refractivity contribution >= 4 is 39.1 Å². The van der Waals surface area contributed by atoms with Crippen molar-refractivity contribution in [1.29, 1.82) is 0 Å². The van der Waals surface area contributed by atoms with Crippen molar-refractivity contribution in [2.45, 2.75) is 13.8 Å². The Bertz CT molecular complexity index is 597. The van der Waals surface area contributed by atoms with Crippen LogP contribution in [-0.4, -0.2) is 29.0 Å². The van der Waals surface area contributed by atoms with Gasteiger partial charge in [0.05, 0.1) is 13.7 Å². The molecule has 1 aromatic rings. The van der Waals surface area contributed by atoms with Gasteiger partial charge in [-0.25, -0.2) is 4.99 Å². The summed E-state index contributed by atoms with van der Waals surface area (Å²) in [4.78, 5) is 16.2. The Balaban J connectivity index is 2.26. The molecule has 0 N–H and O–H groups in total. The maximum absolute atomic E-state index is 11.9. The fraction of sp³-hybridized carbons (Fsp3) is 0.333. The zero-order valence-corrected chi connectivity index (χ0v) is 13.8. The first-order chi connectivity index (χ1) is 10.2. The maximum Gasteiger partial charge on any atom is 0.244 e. The molecule has 0 spiro atoms.